The number of hydrogen-bond donors (Lipinski definition) is 0. The fourth-order valence-corrected chi connectivity index (χ4v) is 9.06. The van der Waals surface area contributed by atoms with Gasteiger partial charge in [-0.1, -0.05) is 78.9 Å². The van der Waals surface area contributed by atoms with Gasteiger partial charge in [-0.3, -0.25) is 0 Å². The van der Waals surface area contributed by atoms with Crippen LogP contribution in [0.4, 0.5) is 0 Å². The zero-order valence-corrected chi connectivity index (χ0v) is 28.6. The fourth-order valence-electron chi connectivity index (χ4n) is 9.06. The lowest BCUT2D eigenvalue weighted by molar-refractivity contribution is 0.373. The van der Waals surface area contributed by atoms with E-state index < -0.39 is 0 Å². The first kappa shape index (κ1) is 33.8. The first-order valence-corrected chi connectivity index (χ1v) is 18.8. The highest BCUT2D eigenvalue weighted by Gasteiger charge is 2.24. The van der Waals surface area contributed by atoms with E-state index in [2.05, 4.69) is 106 Å². The average Bonchev–Trinajstić information content (AvgIpc) is 3.13. The van der Waals surface area contributed by atoms with Crippen LogP contribution in [0.1, 0.15) is 156 Å². The second-order valence-corrected chi connectivity index (χ2v) is 15.0. The summed E-state index contributed by atoms with van der Waals surface area (Å²) in [7, 11) is 0. The molecule has 4 aliphatic carbocycles. The van der Waals surface area contributed by atoms with Crippen LogP contribution in [0.3, 0.4) is 0 Å². The molecule has 242 valence electrons. The van der Waals surface area contributed by atoms with Crippen molar-refractivity contribution in [1.29, 1.82) is 0 Å². The molecule has 45 heavy (non-hydrogen) atoms. The van der Waals surface area contributed by atoms with Gasteiger partial charge in [-0.25, -0.2) is 0 Å². The van der Waals surface area contributed by atoms with E-state index in [1.165, 1.54) is 103 Å². The molecule has 0 nitrogen and oxygen atoms in total. The molecule has 0 amide bonds. The van der Waals surface area contributed by atoms with Gasteiger partial charge in [0.15, 0.2) is 0 Å². The Hall–Kier alpha value is -2.60. The van der Waals surface area contributed by atoms with Crippen molar-refractivity contribution in [2.24, 2.45) is 23.7 Å². The molecule has 0 radical (unpaired) electrons. The predicted molar refractivity (Wildman–Crippen MR) is 197 cm³/mol. The molecule has 0 unspecified atom stereocenters. The Bertz CT molecular complexity index is 1130. The highest BCUT2D eigenvalue weighted by molar-refractivity contribution is 5.30. The van der Waals surface area contributed by atoms with E-state index in [-0.39, 0.29) is 0 Å². The van der Waals surface area contributed by atoms with Gasteiger partial charge in [0.2, 0.25) is 0 Å². The molecule has 4 saturated carbocycles. The zero-order chi connectivity index (χ0) is 31.4. The lowest BCUT2D eigenvalue weighted by Crippen LogP contribution is -2.13. The topological polar surface area (TPSA) is 0 Å². The summed E-state index contributed by atoms with van der Waals surface area (Å²) in [6, 6.07) is 19.3. The second-order valence-electron chi connectivity index (χ2n) is 15.0. The molecule has 0 aliphatic heterocycles. The van der Waals surface area contributed by atoms with E-state index in [0.29, 0.717) is 0 Å². The van der Waals surface area contributed by atoms with Crippen molar-refractivity contribution in [1.82, 2.24) is 0 Å². The summed E-state index contributed by atoms with van der Waals surface area (Å²) in [6.45, 7) is 14.0. The summed E-state index contributed by atoms with van der Waals surface area (Å²) >= 11 is 0. The Labute approximate surface area is 277 Å². The summed E-state index contributed by atoms with van der Waals surface area (Å²) in [5, 5.41) is 0. The Kier molecular flexibility index (Phi) is 13.0. The van der Waals surface area contributed by atoms with Crippen molar-refractivity contribution in [2.45, 2.75) is 133 Å². The van der Waals surface area contributed by atoms with Crippen LogP contribution in [0, 0.1) is 23.7 Å². The first-order valence-electron chi connectivity index (χ1n) is 18.8. The van der Waals surface area contributed by atoms with Gasteiger partial charge in [-0.2, -0.15) is 0 Å². The van der Waals surface area contributed by atoms with Crippen LogP contribution < -0.4 is 0 Å². The van der Waals surface area contributed by atoms with Crippen molar-refractivity contribution >= 4 is 0 Å². The minimum absolute atomic E-state index is 0.760. The first-order chi connectivity index (χ1) is 22.1. The molecule has 0 spiro atoms. The largest absolute Gasteiger partial charge is 0.103 e. The van der Waals surface area contributed by atoms with Crippen LogP contribution in [-0.2, 0) is 0 Å². The van der Waals surface area contributed by atoms with Crippen LogP contribution in [0.2, 0.25) is 0 Å². The highest BCUT2D eigenvalue weighted by Crippen LogP contribution is 2.41. The molecule has 0 bridgehead atoms. The number of benzene rings is 2. The molecule has 4 fully saturated rings. The molecular formula is C45H62. The Balaban J connectivity index is 0.000000178. The SMILES string of the molecule is C=CC1CCC(c2ccc(C3CCC(/C=C/C)CC3)cc2)CC1.C=CC1CCC(c2ccc(C3CCC(C=C)CC3)cc2)CC1. The Morgan fingerprint density at radius 1 is 0.378 bits per heavy atom. The van der Waals surface area contributed by atoms with Crippen LogP contribution in [-0.4, -0.2) is 0 Å². The van der Waals surface area contributed by atoms with Crippen molar-refractivity contribution in [2.75, 3.05) is 0 Å². The second kappa shape index (κ2) is 17.4. The van der Waals surface area contributed by atoms with Crippen molar-refractivity contribution in [3.8, 4) is 0 Å². The molecule has 2 aromatic rings. The fraction of sp³-hybridized carbons (Fsp3) is 0.556. The van der Waals surface area contributed by atoms with Crippen LogP contribution in [0.25, 0.3) is 0 Å². The average molecular weight is 603 g/mol. The van der Waals surface area contributed by atoms with Gasteiger partial charge in [0.1, 0.15) is 0 Å². The highest BCUT2D eigenvalue weighted by atomic mass is 14.3. The Morgan fingerprint density at radius 3 is 0.800 bits per heavy atom. The third kappa shape index (κ3) is 9.47. The lowest BCUT2D eigenvalue weighted by Gasteiger charge is -2.29. The van der Waals surface area contributed by atoms with E-state index in [1.54, 1.807) is 22.3 Å². The number of allylic oxidation sites excluding steroid dienone is 5. The number of hydrogen-bond acceptors (Lipinski definition) is 0. The summed E-state index contributed by atoms with van der Waals surface area (Å²) in [5.74, 6) is 6.25. The molecule has 0 N–H and O–H groups in total. The minimum atomic E-state index is 0.760. The minimum Gasteiger partial charge on any atom is -0.103 e. The zero-order valence-electron chi connectivity index (χ0n) is 28.6. The summed E-state index contributed by atoms with van der Waals surface area (Å²) in [4.78, 5) is 0. The van der Waals surface area contributed by atoms with E-state index in [4.69, 9.17) is 0 Å². The van der Waals surface area contributed by atoms with Crippen LogP contribution in [0.15, 0.2) is 98.6 Å². The molecule has 2 aromatic carbocycles. The van der Waals surface area contributed by atoms with Gasteiger partial charge in [0.05, 0.1) is 0 Å². The lowest BCUT2D eigenvalue weighted by atomic mass is 9.76. The summed E-state index contributed by atoms with van der Waals surface area (Å²) in [6.07, 6.45) is 32.5. The van der Waals surface area contributed by atoms with Gasteiger partial charge >= 0.3 is 0 Å². The summed E-state index contributed by atoms with van der Waals surface area (Å²) < 4.78 is 0. The molecular weight excluding hydrogens is 540 g/mol. The van der Waals surface area contributed by atoms with Crippen molar-refractivity contribution in [3.63, 3.8) is 0 Å². The molecule has 0 heterocycles. The third-order valence-electron chi connectivity index (χ3n) is 12.3. The van der Waals surface area contributed by atoms with E-state index >= 15 is 0 Å². The molecule has 6 rings (SSSR count). The van der Waals surface area contributed by atoms with Gasteiger partial charge in [-0.05, 0) is 179 Å². The smallest absolute Gasteiger partial charge is 0.0162 e. The predicted octanol–water partition coefficient (Wildman–Crippen LogP) is 13.6. The number of rotatable bonds is 8. The maximum Gasteiger partial charge on any atom is -0.0162 e. The molecule has 0 saturated heterocycles. The normalized spacial score (nSPS) is 32.2. The van der Waals surface area contributed by atoms with Crippen molar-refractivity contribution < 1.29 is 0 Å². The van der Waals surface area contributed by atoms with Gasteiger partial charge in [0, 0.05) is 0 Å². The van der Waals surface area contributed by atoms with Crippen LogP contribution >= 0.6 is 0 Å². The quantitative estimate of drug-likeness (QED) is 0.264. The summed E-state index contributed by atoms with van der Waals surface area (Å²) in [5.41, 5.74) is 6.27. The van der Waals surface area contributed by atoms with Crippen molar-refractivity contribution in [3.05, 3.63) is 121 Å². The maximum atomic E-state index is 3.96. The van der Waals surface area contributed by atoms with Crippen LogP contribution in [0.5, 0.6) is 0 Å². The van der Waals surface area contributed by atoms with Gasteiger partial charge in [-0.15, -0.1) is 19.7 Å². The molecule has 0 atom stereocenters. The Morgan fingerprint density at radius 2 is 0.600 bits per heavy atom. The van der Waals surface area contributed by atoms with E-state index in [0.717, 1.165) is 47.3 Å². The maximum absolute atomic E-state index is 3.96. The molecule has 0 heteroatoms. The molecule has 4 aliphatic rings. The monoisotopic (exact) mass is 602 g/mol. The van der Waals surface area contributed by atoms with Gasteiger partial charge < -0.3 is 0 Å². The van der Waals surface area contributed by atoms with E-state index in [1.807, 2.05) is 0 Å². The van der Waals surface area contributed by atoms with Gasteiger partial charge in [0.25, 0.3) is 0 Å². The van der Waals surface area contributed by atoms with E-state index in [9.17, 15) is 0 Å². The molecule has 0 aromatic heterocycles. The standard InChI is InChI=1S/C23H32.C22H30/c1-3-5-19-8-12-21(13-9-19)23-16-14-22(15-17-23)20-10-6-18(4-2)7-11-20;1-3-17-5-9-19(10-6-17)21-13-15-22(16-14-21)20-11-7-18(4-2)8-12-20/h3-5,14-21H,2,6-13H2,1H3;3-4,13-20H,1-2,5-12H2/b5-3+;. The third-order valence-corrected chi connectivity index (χ3v) is 12.3.